The zero-order chi connectivity index (χ0) is 18.6. The molecule has 2 aromatic carbocycles. The second kappa shape index (κ2) is 7.23. The van der Waals surface area contributed by atoms with Crippen LogP contribution in [-0.2, 0) is 11.0 Å². The first-order valence-corrected chi connectivity index (χ1v) is 6.93. The molecular weight excluding hydrogens is 342 g/mol. The topological polar surface area (TPSA) is 86.1 Å². The predicted molar refractivity (Wildman–Crippen MR) is 80.3 cm³/mol. The monoisotopic (exact) mass is 353 g/mol. The minimum atomic E-state index is -4.54. The lowest BCUT2D eigenvalue weighted by Gasteiger charge is -2.22. The fourth-order valence-corrected chi connectivity index (χ4v) is 2.42. The van der Waals surface area contributed by atoms with Crippen molar-refractivity contribution in [1.29, 1.82) is 0 Å². The summed E-state index contributed by atoms with van der Waals surface area (Å²) in [7, 11) is 0. The fourth-order valence-electron chi connectivity index (χ4n) is 2.42. The highest BCUT2D eigenvalue weighted by Gasteiger charge is 2.33. The molecule has 0 aliphatic rings. The molecule has 0 fully saturated rings. The van der Waals surface area contributed by atoms with Crippen molar-refractivity contribution in [2.45, 2.75) is 18.1 Å². The summed E-state index contributed by atoms with van der Waals surface area (Å²) in [6.07, 6.45) is -4.54. The third kappa shape index (κ3) is 4.27. The molecular formula is C16H11F4N3O2. The van der Waals surface area contributed by atoms with E-state index in [0.717, 1.165) is 36.4 Å². The lowest BCUT2D eigenvalue weighted by Crippen LogP contribution is -2.26. The first kappa shape index (κ1) is 18.3. The second-order valence-corrected chi connectivity index (χ2v) is 5.14. The molecule has 0 aliphatic carbocycles. The number of carboxylic acids is 1. The van der Waals surface area contributed by atoms with Crippen molar-refractivity contribution in [3.8, 4) is 0 Å². The van der Waals surface area contributed by atoms with Crippen molar-refractivity contribution >= 4 is 5.97 Å². The summed E-state index contributed by atoms with van der Waals surface area (Å²) in [5, 5.41) is 12.6. The molecule has 0 amide bonds. The van der Waals surface area contributed by atoms with Crippen LogP contribution in [0.4, 0.5) is 17.6 Å². The lowest BCUT2D eigenvalue weighted by molar-refractivity contribution is -0.139. The molecule has 9 heteroatoms. The van der Waals surface area contributed by atoms with E-state index in [9.17, 15) is 27.5 Å². The van der Waals surface area contributed by atoms with Gasteiger partial charge >= 0.3 is 12.1 Å². The molecule has 2 aromatic rings. The van der Waals surface area contributed by atoms with Crippen LogP contribution in [0.2, 0.25) is 0 Å². The Kier molecular flexibility index (Phi) is 5.29. The average Bonchev–Trinajstić information content (AvgIpc) is 2.55. The second-order valence-electron chi connectivity index (χ2n) is 5.14. The molecule has 0 bridgehead atoms. The van der Waals surface area contributed by atoms with Crippen molar-refractivity contribution in [1.82, 2.24) is 0 Å². The Labute approximate surface area is 139 Å². The van der Waals surface area contributed by atoms with Crippen molar-refractivity contribution < 1.29 is 27.5 Å². The smallest absolute Gasteiger partial charge is 0.416 e. The molecule has 1 unspecified atom stereocenters. The van der Waals surface area contributed by atoms with Crippen LogP contribution in [0.25, 0.3) is 10.4 Å². The van der Waals surface area contributed by atoms with Crippen molar-refractivity contribution in [2.75, 3.05) is 0 Å². The van der Waals surface area contributed by atoms with Gasteiger partial charge in [-0.3, -0.25) is 4.79 Å². The highest BCUT2D eigenvalue weighted by atomic mass is 19.4. The van der Waals surface area contributed by atoms with Crippen molar-refractivity contribution in [3.05, 3.63) is 81.5 Å². The summed E-state index contributed by atoms with van der Waals surface area (Å²) in [6, 6.07) is 6.98. The number of azide groups is 1. The van der Waals surface area contributed by atoms with Crippen LogP contribution in [0.15, 0.2) is 53.6 Å². The number of rotatable bonds is 5. The van der Waals surface area contributed by atoms with Gasteiger partial charge in [-0.2, -0.15) is 13.2 Å². The number of hydrogen-bond donors (Lipinski definition) is 1. The minimum absolute atomic E-state index is 0.194. The fraction of sp³-hybridized carbons (Fsp3) is 0.188. The highest BCUT2D eigenvalue weighted by Crippen LogP contribution is 2.34. The van der Waals surface area contributed by atoms with E-state index >= 15 is 0 Å². The van der Waals surface area contributed by atoms with E-state index in [0.29, 0.717) is 5.56 Å². The summed E-state index contributed by atoms with van der Waals surface area (Å²) >= 11 is 0. The van der Waals surface area contributed by atoms with Gasteiger partial charge in [0.25, 0.3) is 0 Å². The zero-order valence-corrected chi connectivity index (χ0v) is 12.5. The Hall–Kier alpha value is -3.06. The normalized spacial score (nSPS) is 13.6. The molecule has 25 heavy (non-hydrogen) atoms. The Bertz CT molecular complexity index is 796. The van der Waals surface area contributed by atoms with Crippen molar-refractivity contribution in [2.24, 2.45) is 5.11 Å². The molecule has 5 nitrogen and oxygen atoms in total. The summed E-state index contributed by atoms with van der Waals surface area (Å²) in [5.41, 5.74) is 8.20. The van der Waals surface area contributed by atoms with Gasteiger partial charge in [-0.1, -0.05) is 29.4 Å². The van der Waals surface area contributed by atoms with Gasteiger partial charge in [0.05, 0.1) is 5.56 Å². The van der Waals surface area contributed by atoms with Crippen LogP contribution in [0.1, 0.15) is 22.6 Å². The molecule has 0 heterocycles. The molecule has 0 radical (unpaired) electrons. The van der Waals surface area contributed by atoms with E-state index < -0.39 is 35.5 Å². The van der Waals surface area contributed by atoms with E-state index in [1.54, 1.807) is 0 Å². The Morgan fingerprint density at radius 3 is 1.92 bits per heavy atom. The summed E-state index contributed by atoms with van der Waals surface area (Å²) in [4.78, 5) is 13.9. The maximum atomic E-state index is 13.1. The quantitative estimate of drug-likeness (QED) is 0.364. The maximum absolute atomic E-state index is 13.1. The van der Waals surface area contributed by atoms with E-state index in [4.69, 9.17) is 5.53 Å². The molecule has 1 N–H and O–H groups in total. The average molecular weight is 353 g/mol. The number of nitrogens with zero attached hydrogens (tertiary/aromatic N) is 3. The molecule has 0 saturated carbocycles. The molecule has 2 rings (SSSR count). The van der Waals surface area contributed by atoms with Crippen molar-refractivity contribution in [3.63, 3.8) is 0 Å². The minimum Gasteiger partial charge on any atom is -0.481 e. The molecule has 0 aliphatic heterocycles. The number of benzene rings is 2. The number of carbonyl (C=O) groups is 1. The number of halogens is 4. The largest absolute Gasteiger partial charge is 0.481 e. The maximum Gasteiger partial charge on any atom is 0.416 e. The Balaban J connectivity index is 2.56. The number of aliphatic carboxylic acids is 1. The van der Waals surface area contributed by atoms with Crippen LogP contribution in [0.5, 0.6) is 0 Å². The van der Waals surface area contributed by atoms with Gasteiger partial charge in [-0.15, -0.1) is 0 Å². The van der Waals surface area contributed by atoms with Crippen LogP contribution >= 0.6 is 0 Å². The molecule has 0 saturated heterocycles. The lowest BCUT2D eigenvalue weighted by atomic mass is 9.85. The van der Waals surface area contributed by atoms with E-state index in [1.165, 1.54) is 12.1 Å². The summed E-state index contributed by atoms with van der Waals surface area (Å²) in [6.45, 7) is 0. The van der Waals surface area contributed by atoms with Crippen LogP contribution < -0.4 is 0 Å². The summed E-state index contributed by atoms with van der Waals surface area (Å²) in [5.74, 6) is -3.09. The molecule has 130 valence electrons. The van der Waals surface area contributed by atoms with E-state index in [1.807, 2.05) is 0 Å². The number of carboxylic acid groups (broad SMARTS) is 1. The SMILES string of the molecule is [N-]=[N+]=NC(C(=O)O)[C@@H](c1ccc(F)cc1)c1ccc(C(F)(F)F)cc1. The predicted octanol–water partition coefficient (Wildman–Crippen LogP) is 4.74. The Morgan fingerprint density at radius 1 is 1.04 bits per heavy atom. The first-order chi connectivity index (χ1) is 11.7. The molecule has 0 aromatic heterocycles. The molecule has 2 atom stereocenters. The van der Waals surface area contributed by atoms with Crippen LogP contribution in [0, 0.1) is 5.82 Å². The van der Waals surface area contributed by atoms with Gasteiger partial charge in [0.15, 0.2) is 0 Å². The molecule has 0 spiro atoms. The zero-order valence-electron chi connectivity index (χ0n) is 12.5. The van der Waals surface area contributed by atoms with Gasteiger partial charge in [0.2, 0.25) is 0 Å². The highest BCUT2D eigenvalue weighted by molar-refractivity contribution is 5.76. The van der Waals surface area contributed by atoms with Gasteiger partial charge in [-0.05, 0) is 40.9 Å². The summed E-state index contributed by atoms with van der Waals surface area (Å²) < 4.78 is 51.2. The van der Waals surface area contributed by atoms with Gasteiger partial charge in [0.1, 0.15) is 11.9 Å². The third-order valence-electron chi connectivity index (χ3n) is 3.57. The van der Waals surface area contributed by atoms with Gasteiger partial charge < -0.3 is 5.11 Å². The standard InChI is InChI=1S/C16H11F4N3O2/c17-12-7-3-10(4-8-12)13(14(15(24)25)22-23-21)9-1-5-11(6-2-9)16(18,19)20/h1-8,13-14H,(H,24,25)/t13-,14?/m1/s1. The van der Waals surface area contributed by atoms with Gasteiger partial charge in [-0.25, -0.2) is 4.39 Å². The third-order valence-corrected chi connectivity index (χ3v) is 3.57. The Morgan fingerprint density at radius 2 is 1.52 bits per heavy atom. The van der Waals surface area contributed by atoms with Gasteiger partial charge in [0, 0.05) is 10.8 Å². The van der Waals surface area contributed by atoms with Crippen LogP contribution in [0.3, 0.4) is 0 Å². The van der Waals surface area contributed by atoms with E-state index in [2.05, 4.69) is 10.0 Å². The van der Waals surface area contributed by atoms with Crippen LogP contribution in [-0.4, -0.2) is 17.1 Å². The first-order valence-electron chi connectivity index (χ1n) is 6.93. The number of alkyl halides is 3. The van der Waals surface area contributed by atoms with E-state index in [-0.39, 0.29) is 5.56 Å². The number of hydrogen-bond acceptors (Lipinski definition) is 2.